The van der Waals surface area contributed by atoms with Crippen LogP contribution in [0, 0.1) is 0 Å². The lowest BCUT2D eigenvalue weighted by molar-refractivity contribution is -0.277. The van der Waals surface area contributed by atoms with E-state index in [1.807, 2.05) is 0 Å². The average molecular weight is 1890 g/mol. The molecule has 8 heterocycles. The van der Waals surface area contributed by atoms with Gasteiger partial charge < -0.3 is 159 Å². The van der Waals surface area contributed by atoms with Gasteiger partial charge in [-0.25, -0.2) is 0 Å². The molecular weight excluding hydrogens is 1780 g/mol. The number of benzene rings is 7. The summed E-state index contributed by atoms with van der Waals surface area (Å²) in [7, 11) is 1.44. The highest BCUT2D eigenvalue weighted by atomic mass is 35.5. The van der Waals surface area contributed by atoms with Gasteiger partial charge in [-0.1, -0.05) is 112 Å². The Balaban J connectivity index is 1.03. The van der Waals surface area contributed by atoms with Crippen LogP contribution in [0.2, 0.25) is 10.0 Å². The molecule has 8 aliphatic rings. The molecule has 0 saturated carbocycles. The molecule has 2 saturated heterocycles. The first kappa shape index (κ1) is 99.0. The van der Waals surface area contributed by atoms with Crippen LogP contribution in [-0.2, 0) is 54.3 Å². The number of likely N-dealkylation sites (N-methyl/N-ethyl adjacent to an activating group) is 1. The maximum Gasteiger partial charge on any atom is 0.248 e. The van der Waals surface area contributed by atoms with Crippen LogP contribution in [0.25, 0.3) is 11.1 Å². The van der Waals surface area contributed by atoms with E-state index in [1.165, 1.54) is 61.6 Å². The first-order valence-corrected chi connectivity index (χ1v) is 45.0. The number of rotatable bonds is 29. The number of halogens is 2. The number of aliphatic hydroxyl groups excluding tert-OH is 8. The second kappa shape index (κ2) is 45.0. The van der Waals surface area contributed by atoms with Gasteiger partial charge in [-0.15, -0.1) is 0 Å². The van der Waals surface area contributed by atoms with E-state index in [-0.39, 0.29) is 59.9 Å². The number of nitrogens with two attached hydrogens (primary N) is 2. The number of fused-ring (bicyclic) bond motifs is 14. The van der Waals surface area contributed by atoms with Gasteiger partial charge in [0.15, 0.2) is 23.0 Å². The van der Waals surface area contributed by atoms with E-state index >= 15 is 28.8 Å². The summed E-state index contributed by atoms with van der Waals surface area (Å²) in [4.78, 5) is 128. The fraction of sp³-hybridized carbons (Fsp3) is 0.457. The molecule has 7 aromatic rings. The third kappa shape index (κ3) is 23.3. The summed E-state index contributed by atoms with van der Waals surface area (Å²) in [6.07, 6.45) is -10.5. The Morgan fingerprint density at radius 2 is 1.12 bits per heavy atom. The Morgan fingerprint density at radius 1 is 0.519 bits per heavy atom. The fourth-order valence-corrected chi connectivity index (χ4v) is 17.3. The summed E-state index contributed by atoms with van der Waals surface area (Å²) in [6.45, 7) is 2.35. The molecule has 0 unspecified atom stereocenters. The van der Waals surface area contributed by atoms with E-state index in [9.17, 15) is 70.9 Å². The largest absolute Gasteiger partial charge is 0.508 e. The molecule has 7 aromatic carbocycles. The van der Waals surface area contributed by atoms with Gasteiger partial charge in [-0.2, -0.15) is 0 Å². The molecule has 0 spiro atoms. The van der Waals surface area contributed by atoms with Gasteiger partial charge in [0, 0.05) is 48.2 Å². The summed E-state index contributed by atoms with van der Waals surface area (Å²) in [5.41, 5.74) is 9.27. The zero-order chi connectivity index (χ0) is 95.2. The Hall–Kier alpha value is -11.5. The first-order chi connectivity index (χ1) is 63.9. The van der Waals surface area contributed by atoms with Crippen molar-refractivity contribution in [2.45, 2.75) is 207 Å². The van der Waals surface area contributed by atoms with Crippen molar-refractivity contribution in [2.24, 2.45) is 11.5 Å². The number of hydrogen-bond acceptors (Lipinski definition) is 31. The number of phenolic OH excluding ortho intramolecular Hbond substituents is 4. The number of nitrogens with one attached hydrogen (secondary N) is 9. The summed E-state index contributed by atoms with van der Waals surface area (Å²) in [5.74, 6) is -15.5. The van der Waals surface area contributed by atoms with Crippen LogP contribution in [0.15, 0.2) is 115 Å². The van der Waals surface area contributed by atoms with E-state index in [0.29, 0.717) is 64.0 Å². The lowest BCUT2D eigenvalue weighted by Crippen LogP contribution is -2.65. The molecule has 0 aliphatic carbocycles. The van der Waals surface area contributed by atoms with Crippen LogP contribution in [0.3, 0.4) is 0 Å². The van der Waals surface area contributed by atoms with Crippen molar-refractivity contribution in [2.75, 3.05) is 59.5 Å². The Bertz CT molecular complexity index is 5350. The quantitative estimate of drug-likeness (QED) is 0.0297. The normalized spacial score (nSPS) is 25.3. The minimum absolute atomic E-state index is 0.0769. The van der Waals surface area contributed by atoms with Crippen molar-refractivity contribution in [3.63, 3.8) is 0 Å². The average Bonchev–Trinajstić information content (AvgIpc) is 0.749. The molecule has 25 N–H and O–H groups in total. The van der Waals surface area contributed by atoms with Crippen molar-refractivity contribution < 1.29 is 133 Å². The molecule has 8 aliphatic heterocycles. The van der Waals surface area contributed by atoms with Gasteiger partial charge in [0.25, 0.3) is 0 Å². The third-order valence-electron chi connectivity index (χ3n) is 24.1. The van der Waals surface area contributed by atoms with E-state index in [2.05, 4.69) is 59.7 Å². The molecule has 0 radical (unpaired) electrons. The maximum absolute atomic E-state index is 16.9. The summed E-state index contributed by atoms with van der Waals surface area (Å²) >= 11 is 14.4. The Labute approximate surface area is 774 Å². The molecule has 15 rings (SSSR count). The highest BCUT2D eigenvalue weighted by Crippen LogP contribution is 2.51. The number of unbranched alkanes of at least 4 members (excludes halogenated alkanes) is 8. The topological polar surface area (TPSA) is 607 Å². The molecule has 716 valence electrons. The highest BCUT2D eigenvalue weighted by Gasteiger charge is 2.50. The summed E-state index contributed by atoms with van der Waals surface area (Å²) in [5, 5.41) is 163. The van der Waals surface area contributed by atoms with Crippen molar-refractivity contribution in [1.29, 1.82) is 0 Å². The van der Waals surface area contributed by atoms with Gasteiger partial charge in [-0.05, 0) is 172 Å². The number of nitrogens with zero attached hydrogens (tertiary/aromatic N) is 1. The van der Waals surface area contributed by atoms with Gasteiger partial charge in [-0.3, -0.25) is 38.4 Å². The maximum atomic E-state index is 16.9. The number of ether oxygens (including phenoxy) is 7. The van der Waals surface area contributed by atoms with E-state index in [4.69, 9.17) is 67.8 Å². The van der Waals surface area contributed by atoms with Crippen LogP contribution < -0.4 is 83.0 Å². The second-order valence-corrected chi connectivity index (χ2v) is 34.3. The van der Waals surface area contributed by atoms with Crippen molar-refractivity contribution in [3.8, 4) is 80.1 Å². The lowest BCUT2D eigenvalue weighted by Gasteiger charge is -2.42. The van der Waals surface area contributed by atoms with Crippen LogP contribution >= 0.6 is 23.2 Å². The molecule has 17 bridgehead atoms. The molecule has 133 heavy (non-hydrogen) atoms. The predicted octanol–water partition coefficient (Wildman–Crippen LogP) is 3.66. The minimum Gasteiger partial charge on any atom is -0.508 e. The lowest BCUT2D eigenvalue weighted by atomic mass is 9.89. The van der Waals surface area contributed by atoms with Crippen LogP contribution in [0.4, 0.5) is 0 Å². The van der Waals surface area contributed by atoms with E-state index < -0.39 is 260 Å². The summed E-state index contributed by atoms with van der Waals surface area (Å²) in [6, 6.07) is 6.49. The molecule has 8 amide bonds. The number of aromatic hydroxyl groups is 4. The molecule has 39 nitrogen and oxygen atoms in total. The van der Waals surface area contributed by atoms with Crippen LogP contribution in [-0.4, -0.2) is 246 Å². The smallest absolute Gasteiger partial charge is 0.248 e. The minimum atomic E-state index is -2.41. The Kier molecular flexibility index (Phi) is 33.5. The zero-order valence-electron chi connectivity index (χ0n) is 72.8. The highest BCUT2D eigenvalue weighted by molar-refractivity contribution is 6.33. The molecule has 0 aromatic heterocycles. The van der Waals surface area contributed by atoms with E-state index in [0.717, 1.165) is 106 Å². The number of carbonyl (C=O) groups is 8. The zero-order valence-corrected chi connectivity index (χ0v) is 74.3. The number of carbonyl (C=O) groups excluding carboxylic acids is 8. The van der Waals surface area contributed by atoms with Gasteiger partial charge in [0.05, 0.1) is 23.3 Å². The molecule has 2 fully saturated rings. The van der Waals surface area contributed by atoms with Crippen molar-refractivity contribution in [1.82, 2.24) is 52.8 Å². The monoisotopic (exact) mass is 1890 g/mol. The fourth-order valence-electron chi connectivity index (χ4n) is 16.9. The van der Waals surface area contributed by atoms with Gasteiger partial charge >= 0.3 is 0 Å². The van der Waals surface area contributed by atoms with Gasteiger partial charge in [0.2, 0.25) is 65.6 Å². The molecule has 18 atom stereocenters. The van der Waals surface area contributed by atoms with Crippen molar-refractivity contribution >= 4 is 70.5 Å². The number of aliphatic hydroxyl groups is 8. The SMILES string of the molecule is CCCCCCCCCCCC(=O)N[C@H]1[C@H](Oc2c3cc4cc2Oc2ccc(cc2Cl)[C@@H](O)[C@@H]2NC(=O)[C@H](NC(=O)[C@@H]4NC(=O)[C@H]4NC(=O)[C@@H](Cc5ccc(cc5)O3)NC(=O)[C@@H](NC)c3ccc(O)c(c3)Oc3cc(O)c(Cl)c4c3)c3ccc(O)c(c3)-c3c(O[C@H]4O[C@H](CO)[C@@H](O)[C@H](O)[C@@H]4O)cc(O)cc3[C@@H](C(=O)NCCCN(CCCN)CCCN)NC2=O)O[C@H](CO)[C@@H](O)[C@@H]1O. The second-order valence-electron chi connectivity index (χ2n) is 33.5. The standard InChI is InChI=1S/C92H112Cl2N12O27/c1-3-4-5-6-7-8-9-10-11-15-67(113)100-76-80(117)78(115)65(42-107)131-91(76)133-83-63-36-48-37-64(83)129-60-25-20-47(34-55(60)93)77(114)75-90(126)104-73(85(121)98-28-14-31-106(29-12-26-95)30-13-27-96)53-38-49(109)39-62(130-92-82(119)81(118)79(116)66(43-108)132-92)68(53)52-33-45(18-23-57(52)110)71(87(123)105-75)101-88(124)72(48)102-89(125)74-54-40-51(41-59(112)69(54)94)128-61-35-46(19-24-58(61)111)70(97-2)86(122)99-56(84(120)103-74)32-44-16-21-50(127-63)22-17-44/h16-25,33-41,56,65-66,70-82,91-92,97,107-112,114-119H,3-15,26-32,42-43,95-96H2,1-2H3,(H,98,121)(H,99,122)(H,100,113)(H,101,124)(H,102,125)(H,103,120)(H,104,126)(H,105,123)/t56-,65-,66-,70+,71-,72-,73+,74+,75+,76-,77-,78-,79-,80-,81+,82+,91+,92+/m1/s1. The Morgan fingerprint density at radius 3 is 1.80 bits per heavy atom. The number of hydrogen-bond donors (Lipinski definition) is 23. The number of amides is 8. The summed E-state index contributed by atoms with van der Waals surface area (Å²) < 4.78 is 45.1. The van der Waals surface area contributed by atoms with Crippen LogP contribution in [0.1, 0.15) is 166 Å². The number of phenols is 4. The van der Waals surface area contributed by atoms with Gasteiger partial charge in [0.1, 0.15) is 137 Å². The molecule has 41 heteroatoms. The van der Waals surface area contributed by atoms with E-state index in [1.54, 1.807) is 0 Å². The first-order valence-electron chi connectivity index (χ1n) is 44.2. The third-order valence-corrected chi connectivity index (χ3v) is 24.8. The predicted molar refractivity (Wildman–Crippen MR) is 477 cm³/mol. The van der Waals surface area contributed by atoms with Crippen molar-refractivity contribution in [3.05, 3.63) is 164 Å². The van der Waals surface area contributed by atoms with Crippen LogP contribution in [0.5, 0.6) is 69.0 Å². The molecular formula is C92H112Cl2N12O27.